The lowest BCUT2D eigenvalue weighted by Crippen LogP contribution is -3.13. The lowest BCUT2D eigenvalue weighted by Gasteiger charge is -2.32. The van der Waals surface area contributed by atoms with Crippen LogP contribution in [0, 0.1) is 0 Å². The summed E-state index contributed by atoms with van der Waals surface area (Å²) in [6.45, 7) is 13.0. The van der Waals surface area contributed by atoms with Crippen LogP contribution in [-0.2, 0) is 18.4 Å². The maximum absolute atomic E-state index is 13.3. The van der Waals surface area contributed by atoms with Crippen molar-refractivity contribution in [1.29, 1.82) is 0 Å². The van der Waals surface area contributed by atoms with E-state index < -0.39 is 0 Å². The summed E-state index contributed by atoms with van der Waals surface area (Å²) in [5.74, 6) is 0.0767. The highest BCUT2D eigenvalue weighted by molar-refractivity contribution is 5.95. The van der Waals surface area contributed by atoms with E-state index in [0.717, 1.165) is 56.2 Å². The summed E-state index contributed by atoms with van der Waals surface area (Å²) >= 11 is 0. The molecule has 1 fully saturated rings. The monoisotopic (exact) mass is 406 g/mol. The van der Waals surface area contributed by atoms with Crippen LogP contribution < -0.4 is 4.90 Å². The molecule has 1 N–H and O–H groups in total. The molecule has 0 aliphatic carbocycles. The number of rotatable bonds is 4. The van der Waals surface area contributed by atoms with E-state index in [0.29, 0.717) is 5.56 Å². The van der Waals surface area contributed by atoms with Crippen LogP contribution in [0.3, 0.4) is 0 Å². The maximum atomic E-state index is 13.3. The number of amides is 1. The van der Waals surface area contributed by atoms with Crippen LogP contribution in [0.5, 0.6) is 0 Å². The molecule has 30 heavy (non-hydrogen) atoms. The molecule has 0 spiro atoms. The molecule has 4 rings (SSSR count). The van der Waals surface area contributed by atoms with Gasteiger partial charge in [0.05, 0.1) is 43.1 Å². The minimum Gasteiger partial charge on any atom is -0.328 e. The second-order valence-corrected chi connectivity index (χ2v) is 9.23. The predicted octanol–water partition coefficient (Wildman–Crippen LogP) is 2.13. The van der Waals surface area contributed by atoms with Crippen molar-refractivity contribution in [3.63, 3.8) is 0 Å². The zero-order valence-electron chi connectivity index (χ0n) is 18.5. The van der Waals surface area contributed by atoms with Crippen molar-refractivity contribution in [3.8, 4) is 0 Å². The summed E-state index contributed by atoms with van der Waals surface area (Å²) < 4.78 is 1.87. The quantitative estimate of drug-likeness (QED) is 0.722. The van der Waals surface area contributed by atoms with Gasteiger partial charge in [-0.1, -0.05) is 58.0 Å². The Labute approximate surface area is 178 Å². The van der Waals surface area contributed by atoms with Gasteiger partial charge in [-0.2, -0.15) is 5.10 Å². The standard InChI is InChI=1S/C24H31N5O/c1-5-20-19(16-25-22-15-21(24(2,3)4)26-29(20)22)23(30)28-13-11-27(12-14-28)17-18-9-7-6-8-10-18/h6-10,15-16H,5,11-14,17H2,1-4H3/p+1. The van der Waals surface area contributed by atoms with Crippen LogP contribution in [0.1, 0.15) is 55.0 Å². The number of hydrogen-bond donors (Lipinski definition) is 1. The van der Waals surface area contributed by atoms with Crippen molar-refractivity contribution in [2.24, 2.45) is 0 Å². The lowest BCUT2D eigenvalue weighted by atomic mass is 9.93. The molecule has 0 bridgehead atoms. The van der Waals surface area contributed by atoms with Crippen LogP contribution in [-0.4, -0.2) is 51.6 Å². The molecule has 2 aromatic heterocycles. The Bertz CT molecular complexity index is 1030. The van der Waals surface area contributed by atoms with E-state index in [1.807, 2.05) is 15.5 Å². The van der Waals surface area contributed by atoms with Gasteiger partial charge in [-0.15, -0.1) is 0 Å². The van der Waals surface area contributed by atoms with Crippen LogP contribution >= 0.6 is 0 Å². The number of nitrogens with one attached hydrogen (secondary N) is 1. The molecule has 0 unspecified atom stereocenters. The first kappa shape index (κ1) is 20.5. The Morgan fingerprint density at radius 1 is 1.13 bits per heavy atom. The first-order valence-electron chi connectivity index (χ1n) is 10.9. The van der Waals surface area contributed by atoms with Gasteiger partial charge in [-0.25, -0.2) is 9.50 Å². The zero-order valence-corrected chi connectivity index (χ0v) is 18.5. The first-order valence-corrected chi connectivity index (χ1v) is 10.9. The third-order valence-corrected chi connectivity index (χ3v) is 5.97. The largest absolute Gasteiger partial charge is 0.328 e. The third-order valence-electron chi connectivity index (χ3n) is 5.97. The van der Waals surface area contributed by atoms with E-state index in [9.17, 15) is 4.79 Å². The van der Waals surface area contributed by atoms with E-state index >= 15 is 0 Å². The number of quaternary nitrogens is 1. The van der Waals surface area contributed by atoms with Crippen molar-refractivity contribution < 1.29 is 9.69 Å². The van der Waals surface area contributed by atoms with Crippen molar-refractivity contribution >= 4 is 11.6 Å². The van der Waals surface area contributed by atoms with Gasteiger partial charge in [0.15, 0.2) is 5.65 Å². The number of aromatic nitrogens is 3. The Kier molecular flexibility index (Phi) is 5.60. The molecule has 6 nitrogen and oxygen atoms in total. The average Bonchev–Trinajstić information content (AvgIpc) is 3.19. The molecule has 0 radical (unpaired) electrons. The topological polar surface area (TPSA) is 54.9 Å². The molecule has 1 amide bonds. The van der Waals surface area contributed by atoms with Gasteiger partial charge in [-0.05, 0) is 6.42 Å². The Morgan fingerprint density at radius 2 is 1.83 bits per heavy atom. The fourth-order valence-corrected chi connectivity index (χ4v) is 4.12. The molecule has 0 saturated carbocycles. The summed E-state index contributed by atoms with van der Waals surface area (Å²) in [7, 11) is 0. The van der Waals surface area contributed by atoms with Gasteiger partial charge in [0.2, 0.25) is 0 Å². The van der Waals surface area contributed by atoms with E-state index in [1.54, 1.807) is 6.20 Å². The summed E-state index contributed by atoms with van der Waals surface area (Å²) in [6.07, 6.45) is 2.48. The number of hydrogen-bond acceptors (Lipinski definition) is 3. The Morgan fingerprint density at radius 3 is 2.47 bits per heavy atom. The highest BCUT2D eigenvalue weighted by Crippen LogP contribution is 2.23. The maximum Gasteiger partial charge on any atom is 0.257 e. The summed E-state index contributed by atoms with van der Waals surface area (Å²) in [5, 5.41) is 4.78. The molecule has 1 aliphatic rings. The molecule has 6 heteroatoms. The highest BCUT2D eigenvalue weighted by atomic mass is 16.2. The minimum absolute atomic E-state index is 0.0548. The summed E-state index contributed by atoms with van der Waals surface area (Å²) in [6, 6.07) is 12.6. The van der Waals surface area contributed by atoms with Gasteiger partial charge in [0, 0.05) is 23.2 Å². The van der Waals surface area contributed by atoms with Crippen molar-refractivity contribution in [3.05, 3.63) is 65.1 Å². The Hall–Kier alpha value is -2.73. The van der Waals surface area contributed by atoms with Crippen LogP contribution in [0.4, 0.5) is 0 Å². The second kappa shape index (κ2) is 8.19. The highest BCUT2D eigenvalue weighted by Gasteiger charge is 2.28. The van der Waals surface area contributed by atoms with Crippen LogP contribution in [0.15, 0.2) is 42.6 Å². The van der Waals surface area contributed by atoms with Gasteiger partial charge in [0.1, 0.15) is 6.54 Å². The molecule has 1 aromatic carbocycles. The predicted molar refractivity (Wildman–Crippen MR) is 118 cm³/mol. The number of aryl methyl sites for hydroxylation is 1. The van der Waals surface area contributed by atoms with E-state index in [2.05, 4.69) is 63.0 Å². The van der Waals surface area contributed by atoms with E-state index in [4.69, 9.17) is 5.10 Å². The molecule has 158 valence electrons. The zero-order chi connectivity index (χ0) is 21.3. The van der Waals surface area contributed by atoms with Crippen molar-refractivity contribution in [2.45, 2.75) is 46.1 Å². The van der Waals surface area contributed by atoms with Crippen LogP contribution in [0.25, 0.3) is 5.65 Å². The number of fused-ring (bicyclic) bond motifs is 1. The molecule has 0 atom stereocenters. The fourth-order valence-electron chi connectivity index (χ4n) is 4.12. The molecule has 1 saturated heterocycles. The van der Waals surface area contributed by atoms with Gasteiger partial charge in [0.25, 0.3) is 5.91 Å². The van der Waals surface area contributed by atoms with E-state index in [-0.39, 0.29) is 11.3 Å². The third kappa shape index (κ3) is 4.10. The minimum atomic E-state index is -0.0548. The molecular formula is C24H32N5O+. The fraction of sp³-hybridized carbons (Fsp3) is 0.458. The van der Waals surface area contributed by atoms with Gasteiger partial charge >= 0.3 is 0 Å². The number of nitrogens with zero attached hydrogens (tertiary/aromatic N) is 4. The van der Waals surface area contributed by atoms with Gasteiger partial charge in [-0.3, -0.25) is 4.79 Å². The Balaban J connectivity index is 1.51. The molecular weight excluding hydrogens is 374 g/mol. The van der Waals surface area contributed by atoms with Crippen molar-refractivity contribution in [1.82, 2.24) is 19.5 Å². The summed E-state index contributed by atoms with van der Waals surface area (Å²) in [4.78, 5) is 21.4. The molecule has 1 aliphatic heterocycles. The van der Waals surface area contributed by atoms with Crippen molar-refractivity contribution in [2.75, 3.05) is 26.2 Å². The second-order valence-electron chi connectivity index (χ2n) is 9.23. The normalized spacial score (nSPS) is 15.7. The number of carbonyl (C=O) groups excluding carboxylic acids is 1. The SMILES string of the molecule is CCc1c(C(=O)N2CC[NH+](Cc3ccccc3)CC2)cnc2cc(C(C)(C)C)nn12. The van der Waals surface area contributed by atoms with E-state index in [1.165, 1.54) is 10.5 Å². The molecule has 3 aromatic rings. The summed E-state index contributed by atoms with van der Waals surface area (Å²) in [5.41, 5.74) is 4.72. The molecule has 3 heterocycles. The first-order chi connectivity index (χ1) is 14.4. The van der Waals surface area contributed by atoms with Crippen LogP contribution in [0.2, 0.25) is 0 Å². The van der Waals surface area contributed by atoms with Gasteiger partial charge < -0.3 is 9.80 Å². The number of carbonyl (C=O) groups is 1. The lowest BCUT2D eigenvalue weighted by molar-refractivity contribution is -0.917. The average molecular weight is 407 g/mol. The smallest absolute Gasteiger partial charge is 0.257 e. The number of benzene rings is 1. The number of piperazine rings is 1.